The van der Waals surface area contributed by atoms with Crippen LogP contribution in [0.1, 0.15) is 37.0 Å². The van der Waals surface area contributed by atoms with Crippen molar-refractivity contribution in [3.8, 4) is 11.1 Å². The summed E-state index contributed by atoms with van der Waals surface area (Å²) in [5.74, 6) is -1.14. The number of amides is 1. The Morgan fingerprint density at radius 2 is 2.18 bits per heavy atom. The summed E-state index contributed by atoms with van der Waals surface area (Å²) < 4.78 is 15.7. The Labute approximate surface area is 161 Å². The monoisotopic (exact) mass is 382 g/mol. The van der Waals surface area contributed by atoms with Crippen LogP contribution in [0.5, 0.6) is 0 Å². The van der Waals surface area contributed by atoms with E-state index >= 15 is 0 Å². The summed E-state index contributed by atoms with van der Waals surface area (Å²) in [6, 6.07) is 5.24. The molecule has 0 aromatic carbocycles. The number of carbonyl (C=O) groups is 1. The Kier molecular flexibility index (Phi) is 4.30. The smallest absolute Gasteiger partial charge is 0.252 e. The van der Waals surface area contributed by atoms with Crippen LogP contribution in [0.25, 0.3) is 16.6 Å². The van der Waals surface area contributed by atoms with Crippen molar-refractivity contribution >= 4 is 17.1 Å². The molecule has 3 aromatic rings. The van der Waals surface area contributed by atoms with Crippen LogP contribution >= 0.6 is 0 Å². The molecule has 8 heteroatoms. The highest BCUT2D eigenvalue weighted by Gasteiger charge is 2.41. The third kappa shape index (κ3) is 2.90. The predicted molar refractivity (Wildman–Crippen MR) is 105 cm³/mol. The van der Waals surface area contributed by atoms with Crippen molar-refractivity contribution < 1.29 is 9.18 Å². The van der Waals surface area contributed by atoms with Crippen LogP contribution in [0.2, 0.25) is 0 Å². The maximum atomic E-state index is 14.1. The fourth-order valence-electron chi connectivity index (χ4n) is 3.92. The van der Waals surface area contributed by atoms with Crippen molar-refractivity contribution in [2.24, 2.45) is 16.9 Å². The SMILES string of the molecule is CC1(C)[C@H](N)CC[C@H]1Nc1c(C(N)=O)cnn2cc(-c3cccnc3F)cc12. The molecule has 1 aliphatic carbocycles. The average Bonchev–Trinajstić information content (AvgIpc) is 3.18. The van der Waals surface area contributed by atoms with Gasteiger partial charge in [-0.15, -0.1) is 0 Å². The lowest BCUT2D eigenvalue weighted by atomic mass is 9.84. The molecule has 2 atom stereocenters. The summed E-state index contributed by atoms with van der Waals surface area (Å²) in [7, 11) is 0. The molecule has 1 fully saturated rings. The zero-order valence-electron chi connectivity index (χ0n) is 15.8. The standard InChI is InChI=1S/C20H23FN6O/c1-20(2)15(22)5-6-16(20)26-17-13(19(23)28)9-25-27-10-11(8-14(17)27)12-4-3-7-24-18(12)21/h3-4,7-10,15-16,26H,5-6,22H2,1-2H3,(H2,23,28)/t15-,16-/m1/s1. The second-order valence-electron chi connectivity index (χ2n) is 7.90. The van der Waals surface area contributed by atoms with Crippen molar-refractivity contribution in [2.45, 2.75) is 38.8 Å². The number of aromatic nitrogens is 3. The average molecular weight is 382 g/mol. The minimum Gasteiger partial charge on any atom is -0.379 e. The highest BCUT2D eigenvalue weighted by atomic mass is 19.1. The molecule has 0 spiro atoms. The van der Waals surface area contributed by atoms with Crippen LogP contribution in [0, 0.1) is 11.4 Å². The molecule has 0 radical (unpaired) electrons. The second kappa shape index (κ2) is 6.56. The molecular formula is C20H23FN6O. The molecular weight excluding hydrogens is 359 g/mol. The first kappa shape index (κ1) is 18.4. The molecule has 0 aliphatic heterocycles. The number of hydrogen-bond acceptors (Lipinski definition) is 5. The molecule has 1 aliphatic rings. The van der Waals surface area contributed by atoms with Crippen molar-refractivity contribution in [3.05, 3.63) is 48.3 Å². The van der Waals surface area contributed by atoms with Gasteiger partial charge in [-0.3, -0.25) is 4.79 Å². The van der Waals surface area contributed by atoms with Crippen LogP contribution in [0.4, 0.5) is 10.1 Å². The van der Waals surface area contributed by atoms with E-state index < -0.39 is 11.9 Å². The normalized spacial score (nSPS) is 21.1. The summed E-state index contributed by atoms with van der Waals surface area (Å²) in [5, 5.41) is 7.76. The largest absolute Gasteiger partial charge is 0.379 e. The van der Waals surface area contributed by atoms with Gasteiger partial charge in [-0.25, -0.2) is 9.50 Å². The number of fused-ring (bicyclic) bond motifs is 1. The van der Waals surface area contributed by atoms with E-state index in [-0.39, 0.29) is 17.5 Å². The molecule has 28 heavy (non-hydrogen) atoms. The van der Waals surface area contributed by atoms with Gasteiger partial charge in [0.25, 0.3) is 5.91 Å². The van der Waals surface area contributed by atoms with E-state index in [0.29, 0.717) is 27.9 Å². The summed E-state index contributed by atoms with van der Waals surface area (Å²) >= 11 is 0. The number of hydrogen-bond donors (Lipinski definition) is 3. The Balaban J connectivity index is 1.84. The van der Waals surface area contributed by atoms with E-state index in [1.54, 1.807) is 28.9 Å². The van der Waals surface area contributed by atoms with E-state index in [1.165, 1.54) is 12.4 Å². The zero-order valence-corrected chi connectivity index (χ0v) is 15.8. The second-order valence-corrected chi connectivity index (χ2v) is 7.90. The lowest BCUT2D eigenvalue weighted by Crippen LogP contribution is -2.42. The third-order valence-corrected chi connectivity index (χ3v) is 5.91. The number of halogens is 1. The highest BCUT2D eigenvalue weighted by molar-refractivity contribution is 6.02. The number of pyridine rings is 1. The molecule has 3 heterocycles. The van der Waals surface area contributed by atoms with Crippen molar-refractivity contribution in [1.82, 2.24) is 14.6 Å². The van der Waals surface area contributed by atoms with Gasteiger partial charge in [0.15, 0.2) is 0 Å². The van der Waals surface area contributed by atoms with Crippen molar-refractivity contribution in [3.63, 3.8) is 0 Å². The van der Waals surface area contributed by atoms with Crippen LogP contribution < -0.4 is 16.8 Å². The summed E-state index contributed by atoms with van der Waals surface area (Å²) in [6.07, 6.45) is 6.31. The molecule has 5 N–H and O–H groups in total. The van der Waals surface area contributed by atoms with E-state index in [9.17, 15) is 9.18 Å². The van der Waals surface area contributed by atoms with E-state index in [4.69, 9.17) is 11.5 Å². The minimum absolute atomic E-state index is 0.0618. The zero-order chi connectivity index (χ0) is 20.1. The quantitative estimate of drug-likeness (QED) is 0.601. The van der Waals surface area contributed by atoms with E-state index in [1.807, 2.05) is 0 Å². The van der Waals surface area contributed by atoms with Crippen molar-refractivity contribution in [2.75, 3.05) is 5.32 Å². The number of anilines is 1. The van der Waals surface area contributed by atoms with Gasteiger partial charge in [-0.1, -0.05) is 13.8 Å². The molecule has 1 amide bonds. The molecule has 146 valence electrons. The van der Waals surface area contributed by atoms with Crippen LogP contribution in [-0.4, -0.2) is 32.6 Å². The van der Waals surface area contributed by atoms with Gasteiger partial charge >= 0.3 is 0 Å². The van der Waals surface area contributed by atoms with Gasteiger partial charge < -0.3 is 16.8 Å². The van der Waals surface area contributed by atoms with Crippen LogP contribution in [0.3, 0.4) is 0 Å². The molecule has 7 nitrogen and oxygen atoms in total. The first-order valence-electron chi connectivity index (χ1n) is 9.23. The Morgan fingerprint density at radius 3 is 2.82 bits per heavy atom. The predicted octanol–water partition coefficient (Wildman–Crippen LogP) is 2.56. The van der Waals surface area contributed by atoms with Crippen LogP contribution in [-0.2, 0) is 0 Å². The Morgan fingerprint density at radius 1 is 1.39 bits per heavy atom. The molecule has 1 saturated carbocycles. The summed E-state index contributed by atoms with van der Waals surface area (Å²) in [5.41, 5.74) is 14.2. The fourth-order valence-corrected chi connectivity index (χ4v) is 3.92. The number of carbonyl (C=O) groups excluding carboxylic acids is 1. The maximum Gasteiger partial charge on any atom is 0.252 e. The number of nitrogens with one attached hydrogen (secondary N) is 1. The van der Waals surface area contributed by atoms with Gasteiger partial charge in [0.2, 0.25) is 5.95 Å². The molecule has 0 bridgehead atoms. The third-order valence-electron chi connectivity index (χ3n) is 5.91. The van der Waals surface area contributed by atoms with Crippen molar-refractivity contribution in [1.29, 1.82) is 0 Å². The van der Waals surface area contributed by atoms with Gasteiger partial charge in [0.1, 0.15) is 0 Å². The topological polar surface area (TPSA) is 111 Å². The molecule has 0 saturated heterocycles. The van der Waals surface area contributed by atoms with Gasteiger partial charge in [0.05, 0.1) is 23.0 Å². The molecule has 0 unspecified atom stereocenters. The fraction of sp³-hybridized carbons (Fsp3) is 0.350. The number of nitrogens with two attached hydrogens (primary N) is 2. The van der Waals surface area contributed by atoms with Gasteiger partial charge in [0, 0.05) is 35.6 Å². The minimum atomic E-state index is -0.576. The van der Waals surface area contributed by atoms with E-state index in [0.717, 1.165) is 12.8 Å². The summed E-state index contributed by atoms with van der Waals surface area (Å²) in [4.78, 5) is 15.7. The Bertz CT molecular complexity index is 1060. The lowest BCUT2D eigenvalue weighted by molar-refractivity contribution is 0.100. The maximum absolute atomic E-state index is 14.1. The first-order valence-corrected chi connectivity index (χ1v) is 9.23. The molecule has 3 aromatic heterocycles. The summed E-state index contributed by atoms with van der Waals surface area (Å²) in [6.45, 7) is 4.22. The van der Waals surface area contributed by atoms with Gasteiger partial charge in [-0.2, -0.15) is 9.49 Å². The Hall–Kier alpha value is -3.00. The lowest BCUT2D eigenvalue weighted by Gasteiger charge is -2.32. The first-order chi connectivity index (χ1) is 13.3. The van der Waals surface area contributed by atoms with E-state index in [2.05, 4.69) is 29.2 Å². The number of primary amides is 1. The number of nitrogens with zero attached hydrogens (tertiary/aromatic N) is 3. The van der Waals surface area contributed by atoms with Gasteiger partial charge in [-0.05, 0) is 36.5 Å². The highest BCUT2D eigenvalue weighted by Crippen LogP contribution is 2.40. The molecule has 4 rings (SSSR count). The number of rotatable bonds is 4. The van der Waals surface area contributed by atoms with Crippen LogP contribution in [0.15, 0.2) is 36.8 Å².